The van der Waals surface area contributed by atoms with E-state index in [1.165, 1.54) is 25.1 Å². The fourth-order valence-electron chi connectivity index (χ4n) is 1.30. The van der Waals surface area contributed by atoms with Gasteiger partial charge in [-0.25, -0.2) is 4.79 Å². The maximum absolute atomic E-state index is 10.7. The largest absolute Gasteiger partial charge is 0.489 e. The number of carboxylic acid groups (broad SMARTS) is 1. The predicted octanol–water partition coefficient (Wildman–Crippen LogP) is 2.31. The van der Waals surface area contributed by atoms with E-state index in [1.807, 2.05) is 0 Å². The zero-order chi connectivity index (χ0) is 13.7. The maximum Gasteiger partial charge on any atom is 0.331 e. The molecular weight excluding hydrogens is 238 g/mol. The van der Waals surface area contributed by atoms with E-state index in [0.29, 0.717) is 11.3 Å². The number of carbonyl (C=O) groups is 1. The summed E-state index contributed by atoms with van der Waals surface area (Å²) in [5, 5.41) is 19.3. The molecule has 96 valence electrons. The van der Waals surface area contributed by atoms with Crippen molar-refractivity contribution in [3.63, 3.8) is 0 Å². The maximum atomic E-state index is 10.7. The van der Waals surface area contributed by atoms with Crippen LogP contribution in [0, 0.1) is 17.0 Å². The smallest absolute Gasteiger partial charge is 0.331 e. The van der Waals surface area contributed by atoms with Crippen LogP contribution in [-0.2, 0) is 4.79 Å². The number of rotatable bonds is 5. The molecule has 0 fully saturated rings. The highest BCUT2D eigenvalue weighted by molar-refractivity contribution is 5.85. The molecule has 1 aromatic carbocycles. The Balaban J connectivity index is 2.81. The Kier molecular flexibility index (Phi) is 4.42. The molecule has 18 heavy (non-hydrogen) atoms. The van der Waals surface area contributed by atoms with Gasteiger partial charge in [0.25, 0.3) is 5.69 Å². The van der Waals surface area contributed by atoms with Gasteiger partial charge < -0.3 is 9.84 Å². The van der Waals surface area contributed by atoms with Crippen LogP contribution in [0.1, 0.15) is 12.5 Å². The van der Waals surface area contributed by atoms with Crippen LogP contribution in [0.4, 0.5) is 5.69 Å². The molecule has 0 saturated carbocycles. The molecule has 0 saturated heterocycles. The zero-order valence-corrected chi connectivity index (χ0v) is 10.0. The molecule has 0 aliphatic rings. The van der Waals surface area contributed by atoms with Crippen LogP contribution < -0.4 is 4.74 Å². The molecule has 1 rings (SSSR count). The fraction of sp³-hybridized carbons (Fsp3) is 0.250. The molecular formula is C12H13NO5. The van der Waals surface area contributed by atoms with E-state index >= 15 is 0 Å². The molecule has 1 aromatic rings. The molecule has 0 heterocycles. The minimum atomic E-state index is -1.02. The van der Waals surface area contributed by atoms with Gasteiger partial charge in [-0.1, -0.05) is 6.07 Å². The number of nitro benzene ring substituents is 1. The summed E-state index contributed by atoms with van der Waals surface area (Å²) in [6, 6.07) is 4.51. The van der Waals surface area contributed by atoms with Gasteiger partial charge in [0.2, 0.25) is 0 Å². The second-order valence-electron chi connectivity index (χ2n) is 3.66. The van der Waals surface area contributed by atoms with Gasteiger partial charge in [-0.2, -0.15) is 0 Å². The van der Waals surface area contributed by atoms with Crippen molar-refractivity contribution in [2.75, 3.05) is 6.61 Å². The van der Waals surface area contributed by atoms with E-state index in [2.05, 4.69) is 0 Å². The summed E-state index contributed by atoms with van der Waals surface area (Å²) in [7, 11) is 0. The Morgan fingerprint density at radius 1 is 1.56 bits per heavy atom. The summed E-state index contributed by atoms with van der Waals surface area (Å²) in [4.78, 5) is 20.8. The van der Waals surface area contributed by atoms with Gasteiger partial charge in [0, 0.05) is 11.6 Å². The first-order chi connectivity index (χ1) is 8.43. The summed E-state index contributed by atoms with van der Waals surface area (Å²) < 4.78 is 5.30. The minimum Gasteiger partial charge on any atom is -0.489 e. The van der Waals surface area contributed by atoms with Crippen LogP contribution in [0.3, 0.4) is 0 Å². The average molecular weight is 251 g/mol. The van der Waals surface area contributed by atoms with E-state index in [-0.39, 0.29) is 17.9 Å². The van der Waals surface area contributed by atoms with Crippen molar-refractivity contribution < 1.29 is 19.6 Å². The number of benzene rings is 1. The second-order valence-corrected chi connectivity index (χ2v) is 3.66. The molecule has 0 aliphatic heterocycles. The lowest BCUT2D eigenvalue weighted by Crippen LogP contribution is -2.02. The lowest BCUT2D eigenvalue weighted by atomic mass is 10.2. The Morgan fingerprint density at radius 3 is 2.78 bits per heavy atom. The molecule has 0 radical (unpaired) electrons. The van der Waals surface area contributed by atoms with Gasteiger partial charge in [0.15, 0.2) is 0 Å². The van der Waals surface area contributed by atoms with Gasteiger partial charge in [-0.15, -0.1) is 0 Å². The number of aliphatic carboxylic acids is 1. The van der Waals surface area contributed by atoms with Gasteiger partial charge in [0.1, 0.15) is 12.4 Å². The van der Waals surface area contributed by atoms with E-state index in [0.717, 1.165) is 0 Å². The molecule has 0 atom stereocenters. The van der Waals surface area contributed by atoms with Crippen molar-refractivity contribution in [2.24, 2.45) is 0 Å². The molecule has 0 amide bonds. The predicted molar refractivity (Wildman–Crippen MR) is 64.7 cm³/mol. The number of carboxylic acids is 1. The van der Waals surface area contributed by atoms with E-state index in [1.54, 1.807) is 13.0 Å². The van der Waals surface area contributed by atoms with Gasteiger partial charge in [0.05, 0.1) is 10.5 Å². The first-order valence-electron chi connectivity index (χ1n) is 5.20. The van der Waals surface area contributed by atoms with Gasteiger partial charge in [-0.05, 0) is 26.0 Å². The van der Waals surface area contributed by atoms with Crippen LogP contribution >= 0.6 is 0 Å². The summed E-state index contributed by atoms with van der Waals surface area (Å²) in [6.45, 7) is 3.09. The minimum absolute atomic E-state index is 0.0218. The standard InChI is InChI=1S/C12H13NO5/c1-8(12(14)15)6-7-18-11-5-3-4-10(9(11)2)13(16)17/h3-6H,7H2,1-2H3,(H,14,15). The summed E-state index contributed by atoms with van der Waals surface area (Å²) in [5.74, 6) is -0.645. The molecule has 0 bridgehead atoms. The average Bonchev–Trinajstić information content (AvgIpc) is 2.30. The van der Waals surface area contributed by atoms with Crippen LogP contribution in [0.15, 0.2) is 29.8 Å². The normalized spacial score (nSPS) is 11.1. The third-order valence-corrected chi connectivity index (χ3v) is 2.42. The topological polar surface area (TPSA) is 89.7 Å². The van der Waals surface area contributed by atoms with Gasteiger partial charge in [-0.3, -0.25) is 10.1 Å². The summed E-state index contributed by atoms with van der Waals surface area (Å²) >= 11 is 0. The van der Waals surface area contributed by atoms with Crippen molar-refractivity contribution >= 4 is 11.7 Å². The number of nitro groups is 1. The van der Waals surface area contributed by atoms with E-state index in [4.69, 9.17) is 9.84 Å². The van der Waals surface area contributed by atoms with E-state index < -0.39 is 10.9 Å². The van der Waals surface area contributed by atoms with Crippen LogP contribution in [-0.4, -0.2) is 22.6 Å². The first kappa shape index (κ1) is 13.7. The SMILES string of the molecule is CC(=CCOc1cccc([N+](=O)[O-])c1C)C(=O)O. The molecule has 6 heteroatoms. The zero-order valence-electron chi connectivity index (χ0n) is 10.0. The highest BCUT2D eigenvalue weighted by Gasteiger charge is 2.13. The van der Waals surface area contributed by atoms with Crippen LogP contribution in [0.2, 0.25) is 0 Å². The molecule has 0 aromatic heterocycles. The molecule has 0 spiro atoms. The summed E-state index contributed by atoms with van der Waals surface area (Å²) in [5.41, 5.74) is 0.563. The second kappa shape index (κ2) is 5.81. The lowest BCUT2D eigenvalue weighted by Gasteiger charge is -2.07. The van der Waals surface area contributed by atoms with E-state index in [9.17, 15) is 14.9 Å². The van der Waals surface area contributed by atoms with Crippen molar-refractivity contribution in [3.05, 3.63) is 45.5 Å². The Hall–Kier alpha value is -2.37. The number of hydrogen-bond donors (Lipinski definition) is 1. The van der Waals surface area contributed by atoms with Crippen molar-refractivity contribution in [1.82, 2.24) is 0 Å². The summed E-state index contributed by atoms with van der Waals surface area (Å²) in [6.07, 6.45) is 1.40. The third-order valence-electron chi connectivity index (χ3n) is 2.42. The number of hydrogen-bond acceptors (Lipinski definition) is 4. The van der Waals surface area contributed by atoms with Gasteiger partial charge >= 0.3 is 5.97 Å². The lowest BCUT2D eigenvalue weighted by molar-refractivity contribution is -0.385. The van der Waals surface area contributed by atoms with Crippen LogP contribution in [0.5, 0.6) is 5.75 Å². The van der Waals surface area contributed by atoms with Crippen LogP contribution in [0.25, 0.3) is 0 Å². The highest BCUT2D eigenvalue weighted by atomic mass is 16.6. The molecule has 6 nitrogen and oxygen atoms in total. The monoisotopic (exact) mass is 251 g/mol. The first-order valence-corrected chi connectivity index (χ1v) is 5.20. The highest BCUT2D eigenvalue weighted by Crippen LogP contribution is 2.26. The molecule has 0 unspecified atom stereocenters. The Bertz CT molecular complexity index is 507. The van der Waals surface area contributed by atoms with Crippen molar-refractivity contribution in [2.45, 2.75) is 13.8 Å². The number of nitrogens with zero attached hydrogens (tertiary/aromatic N) is 1. The number of ether oxygens (including phenoxy) is 1. The van der Waals surface area contributed by atoms with Crippen molar-refractivity contribution in [3.8, 4) is 5.75 Å². The Labute approximate surface area is 104 Å². The Morgan fingerprint density at radius 2 is 2.22 bits per heavy atom. The quantitative estimate of drug-likeness (QED) is 0.492. The fourth-order valence-corrected chi connectivity index (χ4v) is 1.30. The molecule has 1 N–H and O–H groups in total. The molecule has 0 aliphatic carbocycles. The van der Waals surface area contributed by atoms with Crippen molar-refractivity contribution in [1.29, 1.82) is 0 Å². The third kappa shape index (κ3) is 3.31.